The van der Waals surface area contributed by atoms with Crippen molar-refractivity contribution in [2.45, 2.75) is 30.8 Å². The molecule has 4 rings (SSSR count). The van der Waals surface area contributed by atoms with Crippen LogP contribution in [0.3, 0.4) is 0 Å². The van der Waals surface area contributed by atoms with E-state index in [2.05, 4.69) is 11.8 Å². The van der Waals surface area contributed by atoms with E-state index in [4.69, 9.17) is 9.47 Å². The molecule has 204 valence electrons. The second-order valence-corrected chi connectivity index (χ2v) is 11.2. The molecule has 6 nitrogen and oxygen atoms in total. The molecule has 38 heavy (non-hydrogen) atoms. The zero-order valence-corrected chi connectivity index (χ0v) is 22.4. The number of benzene rings is 3. The topological polar surface area (TPSA) is 59.1 Å². The lowest BCUT2D eigenvalue weighted by Crippen LogP contribution is -2.49. The van der Waals surface area contributed by atoms with Crippen molar-refractivity contribution in [3.63, 3.8) is 0 Å². The highest BCUT2D eigenvalue weighted by molar-refractivity contribution is 7.89. The van der Waals surface area contributed by atoms with Gasteiger partial charge in [-0.15, -0.1) is 0 Å². The van der Waals surface area contributed by atoms with E-state index in [1.54, 1.807) is 24.3 Å². The zero-order chi connectivity index (χ0) is 27.0. The van der Waals surface area contributed by atoms with Gasteiger partial charge in [0, 0.05) is 32.7 Å². The Kier molecular flexibility index (Phi) is 9.85. The number of rotatable bonds is 12. The fourth-order valence-corrected chi connectivity index (χ4v) is 5.79. The quantitative estimate of drug-likeness (QED) is 0.291. The Hall–Kier alpha value is -2.85. The molecule has 0 saturated carbocycles. The third-order valence-electron chi connectivity index (χ3n) is 6.60. The molecule has 1 saturated heterocycles. The average molecular weight is 545 g/mol. The van der Waals surface area contributed by atoms with E-state index in [0.29, 0.717) is 57.3 Å². The monoisotopic (exact) mass is 544 g/mol. The number of hydrogen-bond acceptors (Lipinski definition) is 5. The molecule has 0 N–H and O–H groups in total. The largest absolute Gasteiger partial charge is 0.494 e. The normalized spacial score (nSPS) is 15.9. The van der Waals surface area contributed by atoms with Crippen molar-refractivity contribution in [1.82, 2.24) is 9.21 Å². The highest BCUT2D eigenvalue weighted by atomic mass is 32.2. The Bertz CT molecular complexity index is 1270. The molecule has 0 aliphatic carbocycles. The Morgan fingerprint density at radius 1 is 0.842 bits per heavy atom. The van der Waals surface area contributed by atoms with Gasteiger partial charge in [-0.2, -0.15) is 4.31 Å². The van der Waals surface area contributed by atoms with Crippen LogP contribution in [0.2, 0.25) is 0 Å². The Labute approximate surface area is 223 Å². The smallest absolute Gasteiger partial charge is 0.243 e. The molecule has 3 aromatic carbocycles. The van der Waals surface area contributed by atoms with Gasteiger partial charge in [0.25, 0.3) is 0 Å². The fraction of sp³-hybridized carbons (Fsp3) is 0.379. The third-order valence-corrected chi connectivity index (χ3v) is 8.51. The van der Waals surface area contributed by atoms with Gasteiger partial charge in [-0.1, -0.05) is 49.7 Å². The van der Waals surface area contributed by atoms with E-state index < -0.39 is 27.8 Å². The second kappa shape index (κ2) is 13.3. The summed E-state index contributed by atoms with van der Waals surface area (Å²) in [5, 5.41) is 0. The molecule has 1 fully saturated rings. The number of nitrogens with zero attached hydrogens (tertiary/aromatic N) is 2. The number of hydrogen-bond donors (Lipinski definition) is 0. The van der Waals surface area contributed by atoms with Crippen LogP contribution in [-0.4, -0.2) is 63.6 Å². The summed E-state index contributed by atoms with van der Waals surface area (Å²) in [5.41, 5.74) is 1.38. The van der Waals surface area contributed by atoms with Crippen LogP contribution in [0.1, 0.15) is 37.0 Å². The van der Waals surface area contributed by atoms with Crippen molar-refractivity contribution < 1.29 is 26.7 Å². The van der Waals surface area contributed by atoms with Crippen LogP contribution in [0.25, 0.3) is 0 Å². The van der Waals surface area contributed by atoms with Crippen molar-refractivity contribution in [2.24, 2.45) is 0 Å². The minimum atomic E-state index is -3.59. The first-order valence-corrected chi connectivity index (χ1v) is 14.4. The predicted molar refractivity (Wildman–Crippen MR) is 143 cm³/mol. The minimum absolute atomic E-state index is 0.259. The first-order valence-electron chi connectivity index (χ1n) is 13.0. The first-order chi connectivity index (χ1) is 18.4. The number of sulfonamides is 1. The van der Waals surface area contributed by atoms with Crippen molar-refractivity contribution in [1.29, 1.82) is 0 Å². The van der Waals surface area contributed by atoms with Gasteiger partial charge in [0.2, 0.25) is 10.0 Å². The lowest BCUT2D eigenvalue weighted by molar-refractivity contribution is 0.0525. The molecular weight excluding hydrogens is 510 g/mol. The van der Waals surface area contributed by atoms with E-state index in [1.165, 1.54) is 16.4 Å². The predicted octanol–water partition coefficient (Wildman–Crippen LogP) is 5.26. The van der Waals surface area contributed by atoms with Crippen LogP contribution >= 0.6 is 0 Å². The van der Waals surface area contributed by atoms with Gasteiger partial charge in [-0.25, -0.2) is 17.2 Å². The Morgan fingerprint density at radius 3 is 2.21 bits per heavy atom. The van der Waals surface area contributed by atoms with Crippen LogP contribution in [-0.2, 0) is 14.8 Å². The molecular formula is C29H34F2N2O4S. The molecule has 0 bridgehead atoms. The van der Waals surface area contributed by atoms with Gasteiger partial charge in [0.15, 0.2) is 11.6 Å². The molecule has 0 amide bonds. The molecule has 1 heterocycles. The number of halogens is 2. The van der Waals surface area contributed by atoms with Crippen LogP contribution in [0.5, 0.6) is 5.75 Å². The molecule has 1 aliphatic rings. The lowest BCUT2D eigenvalue weighted by atomic mass is 10.0. The molecule has 9 heteroatoms. The maximum atomic E-state index is 13.9. The molecule has 0 spiro atoms. The summed E-state index contributed by atoms with van der Waals surface area (Å²) in [5.74, 6) is -1.15. The van der Waals surface area contributed by atoms with E-state index in [1.807, 2.05) is 30.3 Å². The SMILES string of the molecule is CCCCOc1ccc(S(=O)(=O)N2CCN(CCOC(c3ccccc3)c3ccc(F)c(F)c3)CC2)cc1. The number of unbranched alkanes of at least 4 members (excludes halogenated alkanes) is 1. The number of ether oxygens (including phenoxy) is 2. The standard InChI is InChI=1S/C29H34F2N2O4S/c1-2-3-20-36-25-10-12-26(13-11-25)38(34,35)33-17-15-32(16-18-33)19-21-37-29(23-7-5-4-6-8-23)24-9-14-27(30)28(31)22-24/h4-14,22,29H,2-3,15-21H2,1H3. The molecule has 3 aromatic rings. The maximum absolute atomic E-state index is 13.9. The van der Waals surface area contributed by atoms with E-state index in [0.717, 1.165) is 24.5 Å². The van der Waals surface area contributed by atoms with Gasteiger partial charge >= 0.3 is 0 Å². The minimum Gasteiger partial charge on any atom is -0.494 e. The van der Waals surface area contributed by atoms with Crippen molar-refractivity contribution in [3.8, 4) is 5.75 Å². The van der Waals surface area contributed by atoms with Crippen molar-refractivity contribution >= 4 is 10.0 Å². The van der Waals surface area contributed by atoms with E-state index in [-0.39, 0.29) is 4.90 Å². The summed E-state index contributed by atoms with van der Waals surface area (Å²) in [6, 6.07) is 19.8. The van der Waals surface area contributed by atoms with Gasteiger partial charge in [0.05, 0.1) is 18.1 Å². The van der Waals surface area contributed by atoms with Gasteiger partial charge in [0.1, 0.15) is 11.9 Å². The van der Waals surface area contributed by atoms with Gasteiger partial charge in [-0.05, 0) is 53.9 Å². The van der Waals surface area contributed by atoms with E-state index >= 15 is 0 Å². The summed E-state index contributed by atoms with van der Waals surface area (Å²) in [6.07, 6.45) is 1.45. The van der Waals surface area contributed by atoms with Crippen LogP contribution in [0.4, 0.5) is 8.78 Å². The summed E-state index contributed by atoms with van der Waals surface area (Å²) in [6.45, 7) is 5.54. The van der Waals surface area contributed by atoms with Gasteiger partial charge < -0.3 is 9.47 Å². The summed E-state index contributed by atoms with van der Waals surface area (Å²) in [4.78, 5) is 2.40. The molecule has 1 unspecified atom stereocenters. The highest BCUT2D eigenvalue weighted by Gasteiger charge is 2.28. The van der Waals surface area contributed by atoms with Crippen molar-refractivity contribution in [2.75, 3.05) is 45.9 Å². The molecule has 0 radical (unpaired) electrons. The summed E-state index contributed by atoms with van der Waals surface area (Å²) >= 11 is 0. The zero-order valence-electron chi connectivity index (χ0n) is 21.6. The molecule has 1 aliphatic heterocycles. The van der Waals surface area contributed by atoms with Gasteiger partial charge in [-0.3, -0.25) is 4.90 Å². The Morgan fingerprint density at radius 2 is 1.55 bits per heavy atom. The van der Waals surface area contributed by atoms with Crippen molar-refractivity contribution in [3.05, 3.63) is 95.6 Å². The highest BCUT2D eigenvalue weighted by Crippen LogP contribution is 2.27. The second-order valence-electron chi connectivity index (χ2n) is 9.25. The number of piperazine rings is 1. The Balaban J connectivity index is 1.30. The average Bonchev–Trinajstić information content (AvgIpc) is 2.94. The van der Waals surface area contributed by atoms with Crippen LogP contribution in [0, 0.1) is 11.6 Å². The fourth-order valence-electron chi connectivity index (χ4n) is 4.37. The maximum Gasteiger partial charge on any atom is 0.243 e. The lowest BCUT2D eigenvalue weighted by Gasteiger charge is -2.34. The van der Waals surface area contributed by atoms with Crippen LogP contribution < -0.4 is 4.74 Å². The molecule has 1 atom stereocenters. The first kappa shape index (κ1) is 28.2. The third kappa shape index (κ3) is 7.17. The summed E-state index contributed by atoms with van der Waals surface area (Å²) in [7, 11) is -3.59. The molecule has 0 aromatic heterocycles. The summed E-state index contributed by atoms with van der Waals surface area (Å²) < 4.78 is 66.9. The van der Waals surface area contributed by atoms with E-state index in [9.17, 15) is 17.2 Å². The van der Waals surface area contributed by atoms with Crippen LogP contribution in [0.15, 0.2) is 77.7 Å².